The van der Waals surface area contributed by atoms with Crippen molar-refractivity contribution in [2.45, 2.75) is 39.5 Å². The van der Waals surface area contributed by atoms with Crippen LogP contribution in [0.2, 0.25) is 0 Å². The molecule has 0 aromatic heterocycles. The first-order chi connectivity index (χ1) is 6.99. The molecule has 0 heterocycles. The van der Waals surface area contributed by atoms with Gasteiger partial charge in [-0.1, -0.05) is 13.8 Å². The zero-order chi connectivity index (χ0) is 11.6. The van der Waals surface area contributed by atoms with Gasteiger partial charge in [0.1, 0.15) is 0 Å². The molecule has 1 aliphatic rings. The standard InChI is InChI=1S/C11H18O4/c1-3-11(4-2,10(14)15)8(9(12)13)7-5-6-7/h7-8H,3-6H2,1-2H3,(H,12,13)(H,14,15). The number of carboxylic acids is 2. The van der Waals surface area contributed by atoms with Crippen molar-refractivity contribution in [3.8, 4) is 0 Å². The Morgan fingerprint density at radius 3 is 1.93 bits per heavy atom. The molecule has 86 valence electrons. The van der Waals surface area contributed by atoms with E-state index >= 15 is 0 Å². The lowest BCUT2D eigenvalue weighted by Crippen LogP contribution is -2.43. The van der Waals surface area contributed by atoms with E-state index in [0.29, 0.717) is 12.8 Å². The molecule has 1 aliphatic carbocycles. The zero-order valence-electron chi connectivity index (χ0n) is 9.19. The van der Waals surface area contributed by atoms with E-state index in [1.807, 2.05) is 0 Å². The van der Waals surface area contributed by atoms with E-state index < -0.39 is 23.3 Å². The molecule has 0 saturated heterocycles. The molecule has 4 heteroatoms. The third-order valence-electron chi connectivity index (χ3n) is 3.64. The summed E-state index contributed by atoms with van der Waals surface area (Å²) in [7, 11) is 0. The smallest absolute Gasteiger partial charge is 0.310 e. The van der Waals surface area contributed by atoms with E-state index in [9.17, 15) is 14.7 Å². The highest BCUT2D eigenvalue weighted by Crippen LogP contribution is 2.49. The van der Waals surface area contributed by atoms with Crippen molar-refractivity contribution in [1.82, 2.24) is 0 Å². The summed E-state index contributed by atoms with van der Waals surface area (Å²) in [5, 5.41) is 18.4. The van der Waals surface area contributed by atoms with E-state index in [0.717, 1.165) is 12.8 Å². The summed E-state index contributed by atoms with van der Waals surface area (Å²) >= 11 is 0. The summed E-state index contributed by atoms with van der Waals surface area (Å²) in [5.74, 6) is -2.57. The normalized spacial score (nSPS) is 18.5. The average Bonchev–Trinajstić information content (AvgIpc) is 2.96. The Morgan fingerprint density at radius 2 is 1.73 bits per heavy atom. The number of hydrogen-bond donors (Lipinski definition) is 2. The van der Waals surface area contributed by atoms with Crippen molar-refractivity contribution in [3.05, 3.63) is 0 Å². The van der Waals surface area contributed by atoms with Crippen molar-refractivity contribution >= 4 is 11.9 Å². The Hall–Kier alpha value is -1.06. The van der Waals surface area contributed by atoms with Gasteiger partial charge in [-0.15, -0.1) is 0 Å². The maximum Gasteiger partial charge on any atom is 0.310 e. The van der Waals surface area contributed by atoms with Gasteiger partial charge in [0, 0.05) is 0 Å². The van der Waals surface area contributed by atoms with Gasteiger partial charge in [-0.05, 0) is 31.6 Å². The van der Waals surface area contributed by atoms with E-state index in [2.05, 4.69) is 0 Å². The molecular formula is C11H18O4. The van der Waals surface area contributed by atoms with Crippen LogP contribution in [0.1, 0.15) is 39.5 Å². The first-order valence-electron chi connectivity index (χ1n) is 5.45. The molecule has 0 spiro atoms. The number of hydrogen-bond acceptors (Lipinski definition) is 2. The third kappa shape index (κ3) is 1.98. The fourth-order valence-corrected chi connectivity index (χ4v) is 2.44. The molecule has 0 aromatic carbocycles. The van der Waals surface area contributed by atoms with Crippen molar-refractivity contribution in [3.63, 3.8) is 0 Å². The maximum absolute atomic E-state index is 11.3. The fourth-order valence-electron chi connectivity index (χ4n) is 2.44. The molecule has 0 aliphatic heterocycles. The molecule has 0 amide bonds. The first kappa shape index (κ1) is 12.0. The van der Waals surface area contributed by atoms with Crippen LogP contribution in [0.4, 0.5) is 0 Å². The Morgan fingerprint density at radius 1 is 1.27 bits per heavy atom. The highest BCUT2D eigenvalue weighted by molar-refractivity contribution is 5.83. The molecule has 1 fully saturated rings. The predicted molar refractivity (Wildman–Crippen MR) is 54.5 cm³/mol. The van der Waals surface area contributed by atoms with Crippen LogP contribution in [0.25, 0.3) is 0 Å². The van der Waals surface area contributed by atoms with Crippen LogP contribution < -0.4 is 0 Å². The molecule has 15 heavy (non-hydrogen) atoms. The molecule has 0 bridgehead atoms. The molecule has 0 radical (unpaired) electrons. The van der Waals surface area contributed by atoms with Gasteiger partial charge in [-0.3, -0.25) is 9.59 Å². The highest BCUT2D eigenvalue weighted by atomic mass is 16.4. The minimum Gasteiger partial charge on any atom is -0.481 e. The minimum absolute atomic E-state index is 0.0681. The minimum atomic E-state index is -1.08. The van der Waals surface area contributed by atoms with E-state index in [1.165, 1.54) is 0 Å². The van der Waals surface area contributed by atoms with Gasteiger partial charge in [0.15, 0.2) is 0 Å². The summed E-state index contributed by atoms with van der Waals surface area (Å²) in [6, 6.07) is 0. The monoisotopic (exact) mass is 214 g/mol. The summed E-state index contributed by atoms with van der Waals surface area (Å²) in [4.78, 5) is 22.5. The lowest BCUT2D eigenvalue weighted by Gasteiger charge is -2.33. The highest BCUT2D eigenvalue weighted by Gasteiger charge is 2.53. The molecule has 2 N–H and O–H groups in total. The Kier molecular flexibility index (Phi) is 3.37. The number of aliphatic carboxylic acids is 2. The van der Waals surface area contributed by atoms with Crippen LogP contribution in [0.15, 0.2) is 0 Å². The van der Waals surface area contributed by atoms with Gasteiger partial charge < -0.3 is 10.2 Å². The van der Waals surface area contributed by atoms with Crippen LogP contribution in [0.5, 0.6) is 0 Å². The Bertz CT molecular complexity index is 264. The van der Waals surface area contributed by atoms with Crippen LogP contribution in [-0.2, 0) is 9.59 Å². The molecule has 1 unspecified atom stereocenters. The average molecular weight is 214 g/mol. The van der Waals surface area contributed by atoms with E-state index in [4.69, 9.17) is 5.11 Å². The van der Waals surface area contributed by atoms with Crippen LogP contribution in [-0.4, -0.2) is 22.2 Å². The van der Waals surface area contributed by atoms with Crippen LogP contribution in [0, 0.1) is 17.3 Å². The van der Waals surface area contributed by atoms with Crippen molar-refractivity contribution in [2.24, 2.45) is 17.3 Å². The molecule has 1 saturated carbocycles. The number of carbonyl (C=O) groups is 2. The Balaban J connectivity index is 3.03. The lowest BCUT2D eigenvalue weighted by molar-refractivity contribution is -0.164. The topological polar surface area (TPSA) is 74.6 Å². The molecule has 4 nitrogen and oxygen atoms in total. The Labute approximate surface area is 89.3 Å². The largest absolute Gasteiger partial charge is 0.481 e. The van der Waals surface area contributed by atoms with Crippen LogP contribution >= 0.6 is 0 Å². The van der Waals surface area contributed by atoms with Gasteiger partial charge >= 0.3 is 11.9 Å². The van der Waals surface area contributed by atoms with Crippen molar-refractivity contribution in [2.75, 3.05) is 0 Å². The van der Waals surface area contributed by atoms with Crippen LogP contribution in [0.3, 0.4) is 0 Å². The third-order valence-corrected chi connectivity index (χ3v) is 3.64. The fraction of sp³-hybridized carbons (Fsp3) is 0.818. The summed E-state index contributed by atoms with van der Waals surface area (Å²) < 4.78 is 0. The molecular weight excluding hydrogens is 196 g/mol. The number of rotatable bonds is 6. The SMILES string of the molecule is CCC(CC)(C(=O)O)C(C(=O)O)C1CC1. The van der Waals surface area contributed by atoms with Crippen molar-refractivity contribution in [1.29, 1.82) is 0 Å². The zero-order valence-corrected chi connectivity index (χ0v) is 9.19. The molecule has 0 aromatic rings. The second-order valence-electron chi connectivity index (χ2n) is 4.32. The maximum atomic E-state index is 11.3. The first-order valence-corrected chi connectivity index (χ1v) is 5.45. The lowest BCUT2D eigenvalue weighted by atomic mass is 9.69. The van der Waals surface area contributed by atoms with Gasteiger partial charge in [0.2, 0.25) is 0 Å². The molecule has 1 rings (SSSR count). The van der Waals surface area contributed by atoms with E-state index in [-0.39, 0.29) is 5.92 Å². The van der Waals surface area contributed by atoms with E-state index in [1.54, 1.807) is 13.8 Å². The summed E-state index contributed by atoms with van der Waals surface area (Å²) in [5.41, 5.74) is -1.08. The number of carboxylic acid groups (broad SMARTS) is 2. The second kappa shape index (κ2) is 4.21. The van der Waals surface area contributed by atoms with Crippen molar-refractivity contribution < 1.29 is 19.8 Å². The van der Waals surface area contributed by atoms with Gasteiger partial charge in [0.05, 0.1) is 11.3 Å². The van der Waals surface area contributed by atoms with Gasteiger partial charge in [-0.2, -0.15) is 0 Å². The second-order valence-corrected chi connectivity index (χ2v) is 4.32. The summed E-state index contributed by atoms with van der Waals surface area (Å²) in [6.07, 6.45) is 2.47. The molecule has 1 atom stereocenters. The summed E-state index contributed by atoms with van der Waals surface area (Å²) in [6.45, 7) is 3.52. The quantitative estimate of drug-likeness (QED) is 0.709. The van der Waals surface area contributed by atoms with Gasteiger partial charge in [-0.25, -0.2) is 0 Å². The van der Waals surface area contributed by atoms with Gasteiger partial charge in [0.25, 0.3) is 0 Å². The predicted octanol–water partition coefficient (Wildman–Crippen LogP) is 1.99.